The number of ether oxygens (including phenoxy) is 2. The number of hydrogen-bond acceptors (Lipinski definition) is 9. The summed E-state index contributed by atoms with van der Waals surface area (Å²) in [6.45, 7) is 3.47. The third-order valence-electron chi connectivity index (χ3n) is 7.28. The van der Waals surface area contributed by atoms with Gasteiger partial charge in [0.2, 0.25) is 15.9 Å². The molecule has 2 heterocycles. The Morgan fingerprint density at radius 1 is 1.02 bits per heavy atom. The maximum atomic E-state index is 13.4. The number of anilines is 2. The second-order valence-corrected chi connectivity index (χ2v) is 12.2. The summed E-state index contributed by atoms with van der Waals surface area (Å²) in [6.07, 6.45) is 6.94. The summed E-state index contributed by atoms with van der Waals surface area (Å²) >= 11 is 0. The van der Waals surface area contributed by atoms with Crippen molar-refractivity contribution in [3.8, 4) is 23.0 Å². The summed E-state index contributed by atoms with van der Waals surface area (Å²) in [4.78, 5) is 25.1. The van der Waals surface area contributed by atoms with E-state index in [1.54, 1.807) is 50.4 Å². The fourth-order valence-corrected chi connectivity index (χ4v) is 6.78. The molecule has 4 aromatic rings. The molecule has 11 nitrogen and oxygen atoms in total. The minimum absolute atomic E-state index is 0.0569. The van der Waals surface area contributed by atoms with Crippen molar-refractivity contribution in [1.82, 2.24) is 19.7 Å². The van der Waals surface area contributed by atoms with Crippen molar-refractivity contribution >= 4 is 38.3 Å². The van der Waals surface area contributed by atoms with Crippen LogP contribution >= 0.6 is 0 Å². The standard InChI is InChI=1S/C30H33N5O6S/c1-17(2)35-42(38,39)26-16-31-25-13-19(24-15-32-30(41-4)34-28(24)40-3)9-11-22(25)27(26)33-20-10-12-21(18-7-5-6-8-18)23(14-20)29(36)37/h9-18,35H,5-8H2,1-4H3,(H,31,33)(H,36,37). The lowest BCUT2D eigenvalue weighted by atomic mass is 9.92. The molecular formula is C30H33N5O6S. The molecule has 220 valence electrons. The van der Waals surface area contributed by atoms with Crippen molar-refractivity contribution in [2.24, 2.45) is 0 Å². The van der Waals surface area contributed by atoms with E-state index in [2.05, 4.69) is 25.0 Å². The van der Waals surface area contributed by atoms with Crippen LogP contribution in [0.4, 0.5) is 11.4 Å². The summed E-state index contributed by atoms with van der Waals surface area (Å²) in [6, 6.07) is 10.3. The molecule has 0 radical (unpaired) electrons. The molecule has 5 rings (SSSR count). The lowest BCUT2D eigenvalue weighted by Crippen LogP contribution is -2.30. The van der Waals surface area contributed by atoms with Gasteiger partial charge in [-0.15, -0.1) is 0 Å². The molecule has 0 atom stereocenters. The molecule has 1 aliphatic rings. The van der Waals surface area contributed by atoms with Crippen molar-refractivity contribution in [3.05, 3.63) is 59.9 Å². The van der Waals surface area contributed by atoms with Gasteiger partial charge in [0.1, 0.15) is 4.90 Å². The van der Waals surface area contributed by atoms with Gasteiger partial charge in [-0.2, -0.15) is 4.98 Å². The number of carbonyl (C=O) groups is 1. The molecule has 1 saturated carbocycles. The molecule has 0 amide bonds. The topological polar surface area (TPSA) is 153 Å². The average Bonchev–Trinajstić information content (AvgIpc) is 3.51. The molecule has 2 aromatic carbocycles. The number of carboxylic acid groups (broad SMARTS) is 1. The molecule has 42 heavy (non-hydrogen) atoms. The average molecular weight is 592 g/mol. The number of carboxylic acids is 1. The zero-order chi connectivity index (χ0) is 30.0. The van der Waals surface area contributed by atoms with E-state index in [1.165, 1.54) is 20.4 Å². The minimum atomic E-state index is -3.98. The first kappa shape index (κ1) is 29.2. The Labute approximate surface area is 244 Å². The molecule has 1 fully saturated rings. The van der Waals surface area contributed by atoms with E-state index in [9.17, 15) is 18.3 Å². The van der Waals surface area contributed by atoms with Gasteiger partial charge in [0.25, 0.3) is 0 Å². The summed E-state index contributed by atoms with van der Waals surface area (Å²) < 4.78 is 40.0. The van der Waals surface area contributed by atoms with E-state index in [0.717, 1.165) is 31.2 Å². The molecule has 2 aromatic heterocycles. The highest BCUT2D eigenvalue weighted by atomic mass is 32.2. The number of rotatable bonds is 10. The van der Waals surface area contributed by atoms with Crippen LogP contribution in [-0.4, -0.2) is 54.7 Å². The Kier molecular flexibility index (Phi) is 8.28. The lowest BCUT2D eigenvalue weighted by Gasteiger charge is -2.19. The van der Waals surface area contributed by atoms with Gasteiger partial charge in [0.15, 0.2) is 0 Å². The summed E-state index contributed by atoms with van der Waals surface area (Å²) in [5.41, 5.74) is 3.55. The van der Waals surface area contributed by atoms with Crippen molar-refractivity contribution < 1.29 is 27.8 Å². The number of hydrogen-bond donors (Lipinski definition) is 3. The van der Waals surface area contributed by atoms with E-state index in [4.69, 9.17) is 9.47 Å². The van der Waals surface area contributed by atoms with Gasteiger partial charge in [0, 0.05) is 29.5 Å². The Hall–Kier alpha value is -4.29. The van der Waals surface area contributed by atoms with Gasteiger partial charge >= 0.3 is 12.0 Å². The maximum Gasteiger partial charge on any atom is 0.336 e. The lowest BCUT2D eigenvalue weighted by molar-refractivity contribution is 0.0695. The smallest absolute Gasteiger partial charge is 0.336 e. The van der Waals surface area contributed by atoms with Crippen LogP contribution in [0.1, 0.15) is 61.4 Å². The molecule has 0 aliphatic heterocycles. The first-order valence-corrected chi connectivity index (χ1v) is 15.1. The van der Waals surface area contributed by atoms with Crippen LogP contribution < -0.4 is 19.5 Å². The van der Waals surface area contributed by atoms with E-state index >= 15 is 0 Å². The molecule has 3 N–H and O–H groups in total. The van der Waals surface area contributed by atoms with Gasteiger partial charge in [-0.3, -0.25) is 4.98 Å². The van der Waals surface area contributed by atoms with Crippen molar-refractivity contribution in [3.63, 3.8) is 0 Å². The summed E-state index contributed by atoms with van der Waals surface area (Å²) in [5.74, 6) is -0.506. The number of aromatic carboxylic acids is 1. The fraction of sp³-hybridized carbons (Fsp3) is 0.333. The molecule has 0 spiro atoms. The number of pyridine rings is 1. The van der Waals surface area contributed by atoms with Crippen LogP contribution in [0.3, 0.4) is 0 Å². The molecule has 0 unspecified atom stereocenters. The first-order valence-electron chi connectivity index (χ1n) is 13.7. The monoisotopic (exact) mass is 591 g/mol. The van der Waals surface area contributed by atoms with Crippen molar-refractivity contribution in [2.75, 3.05) is 19.5 Å². The van der Waals surface area contributed by atoms with Gasteiger partial charge < -0.3 is 19.9 Å². The largest absolute Gasteiger partial charge is 0.480 e. The number of nitrogens with one attached hydrogen (secondary N) is 2. The van der Waals surface area contributed by atoms with Crippen molar-refractivity contribution in [2.45, 2.75) is 56.4 Å². The quantitative estimate of drug-likeness (QED) is 0.216. The SMILES string of the molecule is COc1ncc(-c2ccc3c(Nc4ccc(C5CCCC5)c(C(=O)O)c4)c(S(=O)(=O)NC(C)C)cnc3c2)c(OC)n1. The number of fused-ring (bicyclic) bond motifs is 1. The van der Waals surface area contributed by atoms with Gasteiger partial charge in [0.05, 0.1) is 36.6 Å². The Bertz CT molecular complexity index is 1750. The number of sulfonamides is 1. The predicted molar refractivity (Wildman–Crippen MR) is 159 cm³/mol. The Morgan fingerprint density at radius 3 is 2.45 bits per heavy atom. The van der Waals surface area contributed by atoms with Crippen LogP contribution in [0.2, 0.25) is 0 Å². The highest BCUT2D eigenvalue weighted by molar-refractivity contribution is 7.89. The zero-order valence-electron chi connectivity index (χ0n) is 23.8. The maximum absolute atomic E-state index is 13.4. The molecule has 12 heteroatoms. The second kappa shape index (κ2) is 11.9. The third-order valence-corrected chi connectivity index (χ3v) is 8.95. The van der Waals surface area contributed by atoms with Crippen LogP contribution in [0, 0.1) is 0 Å². The predicted octanol–water partition coefficient (Wildman–Crippen LogP) is 5.50. The van der Waals surface area contributed by atoms with Gasteiger partial charge in [-0.25, -0.2) is 22.9 Å². The first-order chi connectivity index (χ1) is 20.1. The van der Waals surface area contributed by atoms with Crippen LogP contribution in [0.5, 0.6) is 11.9 Å². The van der Waals surface area contributed by atoms with E-state index < -0.39 is 16.0 Å². The normalized spacial score (nSPS) is 13.9. The number of aromatic nitrogens is 3. The zero-order valence-corrected chi connectivity index (χ0v) is 24.7. The highest BCUT2D eigenvalue weighted by Gasteiger charge is 2.26. The highest BCUT2D eigenvalue weighted by Crippen LogP contribution is 2.39. The Balaban J connectivity index is 1.64. The number of benzene rings is 2. The van der Waals surface area contributed by atoms with E-state index in [1.807, 2.05) is 6.07 Å². The molecule has 0 saturated heterocycles. The van der Waals surface area contributed by atoms with Crippen LogP contribution in [0.15, 0.2) is 53.7 Å². The summed E-state index contributed by atoms with van der Waals surface area (Å²) in [7, 11) is -1.02. The second-order valence-electron chi connectivity index (χ2n) is 10.5. The van der Waals surface area contributed by atoms with Gasteiger partial charge in [-0.1, -0.05) is 31.0 Å². The van der Waals surface area contributed by atoms with Gasteiger partial charge in [-0.05, 0) is 61.9 Å². The van der Waals surface area contributed by atoms with E-state index in [-0.39, 0.29) is 34.1 Å². The molecule has 0 bridgehead atoms. The summed E-state index contributed by atoms with van der Waals surface area (Å²) in [5, 5.41) is 13.8. The number of methoxy groups -OCH3 is 2. The third kappa shape index (κ3) is 5.86. The Morgan fingerprint density at radius 2 is 1.79 bits per heavy atom. The van der Waals surface area contributed by atoms with Crippen LogP contribution in [-0.2, 0) is 10.0 Å². The van der Waals surface area contributed by atoms with Crippen LogP contribution in [0.25, 0.3) is 22.0 Å². The van der Waals surface area contributed by atoms with E-state index in [0.29, 0.717) is 33.6 Å². The fourth-order valence-electron chi connectivity index (χ4n) is 5.41. The number of nitrogens with zero attached hydrogens (tertiary/aromatic N) is 3. The minimum Gasteiger partial charge on any atom is -0.480 e. The molecular weight excluding hydrogens is 558 g/mol. The van der Waals surface area contributed by atoms with Crippen molar-refractivity contribution in [1.29, 1.82) is 0 Å². The molecule has 1 aliphatic carbocycles.